The predicted molar refractivity (Wildman–Crippen MR) is 162 cm³/mol. The fraction of sp³-hybridized carbons (Fsp3) is 0.429. The molecule has 1 fully saturated rings. The summed E-state index contributed by atoms with van der Waals surface area (Å²) in [5.74, 6) is 0.225. The van der Waals surface area contributed by atoms with Gasteiger partial charge in [-0.2, -0.15) is 0 Å². The Balaban J connectivity index is 0.00000187. The Hall–Kier alpha value is -2.72. The zero-order chi connectivity index (χ0) is 26.5. The lowest BCUT2D eigenvalue weighted by molar-refractivity contribution is -0.0281. The molecule has 4 aromatic heterocycles. The number of fused-ring (bicyclic) bond motifs is 1. The number of hydrogen-bond donors (Lipinski definition) is 2. The van der Waals surface area contributed by atoms with Gasteiger partial charge in [-0.15, -0.1) is 47.4 Å². The van der Waals surface area contributed by atoms with Crippen LogP contribution >= 0.6 is 37.2 Å². The van der Waals surface area contributed by atoms with Crippen molar-refractivity contribution in [1.82, 2.24) is 29.9 Å². The molecule has 0 amide bonds. The molecule has 8 nitrogen and oxygen atoms in total. The van der Waals surface area contributed by atoms with Crippen molar-refractivity contribution in [2.24, 2.45) is 0 Å². The highest BCUT2D eigenvalue weighted by Gasteiger charge is 2.47. The number of piperidine rings is 1. The van der Waals surface area contributed by atoms with Crippen LogP contribution in [0.3, 0.4) is 0 Å². The summed E-state index contributed by atoms with van der Waals surface area (Å²) in [7, 11) is 0. The monoisotopic (exact) mass is 612 g/mol. The fourth-order valence-corrected chi connectivity index (χ4v) is 5.35. The molecule has 4 aromatic rings. The van der Waals surface area contributed by atoms with Gasteiger partial charge in [0, 0.05) is 53.3 Å². The Labute approximate surface area is 252 Å². The molecule has 1 aliphatic rings. The molecule has 0 bridgehead atoms. The number of alkyl halides is 1. The maximum Gasteiger partial charge on any atom is 0.233 e. The Morgan fingerprint density at radius 3 is 2.42 bits per heavy atom. The lowest BCUT2D eigenvalue weighted by atomic mass is 9.79. The molecule has 5 rings (SSSR count). The second-order valence-corrected chi connectivity index (χ2v) is 11.1. The van der Waals surface area contributed by atoms with Crippen molar-refractivity contribution < 1.29 is 14.2 Å². The van der Waals surface area contributed by atoms with Gasteiger partial charge >= 0.3 is 0 Å². The van der Waals surface area contributed by atoms with Crippen LogP contribution in [0, 0.1) is 6.92 Å². The van der Waals surface area contributed by atoms with Gasteiger partial charge in [-0.3, -0.25) is 0 Å². The SMILES string of the molecule is CCc1cc(-c2cnc(-c3ccc(O[C@@H]4CC(C)(C)NC(C)(C)[C@H]4F)nn3)c(O)c2)cn2cc(C)nc12.Cl.Cl.Cl. The quantitative estimate of drug-likeness (QED) is 0.271. The summed E-state index contributed by atoms with van der Waals surface area (Å²) >= 11 is 0. The Kier molecular flexibility index (Phi) is 10.4. The van der Waals surface area contributed by atoms with Crippen LogP contribution in [0.5, 0.6) is 11.6 Å². The van der Waals surface area contributed by atoms with Gasteiger partial charge in [0.25, 0.3) is 0 Å². The van der Waals surface area contributed by atoms with E-state index in [-0.39, 0.29) is 54.4 Å². The smallest absolute Gasteiger partial charge is 0.233 e. The summed E-state index contributed by atoms with van der Waals surface area (Å²) in [6.07, 6.45) is 5.15. The van der Waals surface area contributed by atoms with Crippen LogP contribution in [-0.4, -0.2) is 53.0 Å². The van der Waals surface area contributed by atoms with E-state index in [1.54, 1.807) is 24.4 Å². The van der Waals surface area contributed by atoms with Crippen LogP contribution in [0.2, 0.25) is 0 Å². The molecule has 1 aliphatic heterocycles. The van der Waals surface area contributed by atoms with E-state index in [1.807, 2.05) is 51.4 Å². The number of aryl methyl sites for hydroxylation is 2. The van der Waals surface area contributed by atoms with Crippen molar-refractivity contribution in [3.05, 3.63) is 54.1 Å². The van der Waals surface area contributed by atoms with Crippen molar-refractivity contribution in [3.63, 3.8) is 0 Å². The molecule has 0 aliphatic carbocycles. The number of nitrogens with one attached hydrogen (secondary N) is 1. The van der Waals surface area contributed by atoms with Gasteiger partial charge in [-0.05, 0) is 64.8 Å². The van der Waals surface area contributed by atoms with Crippen molar-refractivity contribution in [3.8, 4) is 34.1 Å². The zero-order valence-electron chi connectivity index (χ0n) is 23.3. The molecule has 12 heteroatoms. The van der Waals surface area contributed by atoms with E-state index >= 15 is 4.39 Å². The first-order valence-electron chi connectivity index (χ1n) is 12.6. The minimum atomic E-state index is -1.21. The topological polar surface area (TPSA) is 97.5 Å². The van der Waals surface area contributed by atoms with E-state index in [4.69, 9.17) is 4.74 Å². The number of imidazole rings is 1. The van der Waals surface area contributed by atoms with Gasteiger partial charge < -0.3 is 19.6 Å². The molecule has 1 saturated heterocycles. The molecule has 2 atom stereocenters. The average molecular weight is 614 g/mol. The summed E-state index contributed by atoms with van der Waals surface area (Å²) in [4.78, 5) is 9.08. The number of hydrogen-bond acceptors (Lipinski definition) is 7. The molecule has 5 heterocycles. The van der Waals surface area contributed by atoms with Gasteiger partial charge in [-0.1, -0.05) is 6.92 Å². The number of pyridine rings is 2. The van der Waals surface area contributed by atoms with Gasteiger partial charge in [0.05, 0.1) is 5.69 Å². The number of aromatic nitrogens is 5. The summed E-state index contributed by atoms with van der Waals surface area (Å²) in [6, 6.07) is 7.05. The lowest BCUT2D eigenvalue weighted by Crippen LogP contribution is -2.66. The third-order valence-electron chi connectivity index (χ3n) is 6.87. The van der Waals surface area contributed by atoms with Gasteiger partial charge in [0.2, 0.25) is 5.88 Å². The van der Waals surface area contributed by atoms with Crippen LogP contribution in [-0.2, 0) is 6.42 Å². The molecule has 0 aromatic carbocycles. The maximum absolute atomic E-state index is 15.1. The second-order valence-electron chi connectivity index (χ2n) is 11.1. The van der Waals surface area contributed by atoms with E-state index < -0.39 is 17.8 Å². The van der Waals surface area contributed by atoms with Crippen molar-refractivity contribution in [2.45, 2.75) is 77.7 Å². The molecular formula is C28H36Cl3FN6O2. The van der Waals surface area contributed by atoms with Crippen LogP contribution in [0.1, 0.15) is 52.3 Å². The Morgan fingerprint density at radius 1 is 1.07 bits per heavy atom. The number of nitrogens with zero attached hydrogens (tertiary/aromatic N) is 5. The zero-order valence-corrected chi connectivity index (χ0v) is 25.8. The summed E-state index contributed by atoms with van der Waals surface area (Å²) in [5, 5.41) is 22.5. The van der Waals surface area contributed by atoms with Crippen LogP contribution < -0.4 is 10.1 Å². The standard InChI is InChI=1S/C28H33FN6O2.3ClH/c1-7-17-10-19(15-35-14-16(2)31-26(17)35)18-11-21(36)24(30-13-18)20-8-9-23(33-32-20)37-22-12-27(3,4)34-28(5,6)25(22)29;;;/h8-11,13-15,22,25,34,36H,7,12H2,1-6H3;3*1H/t22-,25+;;;/m1.../s1. The first-order valence-corrected chi connectivity index (χ1v) is 12.6. The van der Waals surface area contributed by atoms with Gasteiger partial charge in [0.1, 0.15) is 28.9 Å². The third-order valence-corrected chi connectivity index (χ3v) is 6.87. The highest BCUT2D eigenvalue weighted by atomic mass is 35.5. The number of halogens is 4. The summed E-state index contributed by atoms with van der Waals surface area (Å²) in [5.41, 5.74) is 4.42. The average Bonchev–Trinajstić information content (AvgIpc) is 3.21. The van der Waals surface area contributed by atoms with E-state index in [0.29, 0.717) is 17.8 Å². The lowest BCUT2D eigenvalue weighted by Gasteiger charge is -2.48. The predicted octanol–water partition coefficient (Wildman–Crippen LogP) is 6.33. The normalized spacial score (nSPS) is 19.2. The van der Waals surface area contributed by atoms with Crippen LogP contribution in [0.15, 0.2) is 42.9 Å². The molecular weight excluding hydrogens is 578 g/mol. The molecule has 0 saturated carbocycles. The molecule has 40 heavy (non-hydrogen) atoms. The third kappa shape index (κ3) is 6.60. The first kappa shape index (κ1) is 33.5. The van der Waals surface area contributed by atoms with E-state index in [1.165, 1.54) is 0 Å². The largest absolute Gasteiger partial charge is 0.506 e. The van der Waals surface area contributed by atoms with Crippen molar-refractivity contribution >= 4 is 42.9 Å². The van der Waals surface area contributed by atoms with E-state index in [9.17, 15) is 5.11 Å². The van der Waals surface area contributed by atoms with Crippen LogP contribution in [0.4, 0.5) is 4.39 Å². The molecule has 0 radical (unpaired) electrons. The van der Waals surface area contributed by atoms with Gasteiger partial charge in [-0.25, -0.2) is 14.4 Å². The minimum absolute atomic E-state index is 0. The highest BCUT2D eigenvalue weighted by Crippen LogP contribution is 2.34. The van der Waals surface area contributed by atoms with Crippen LogP contribution in [0.25, 0.3) is 28.2 Å². The van der Waals surface area contributed by atoms with E-state index in [2.05, 4.69) is 38.5 Å². The summed E-state index contributed by atoms with van der Waals surface area (Å²) < 4.78 is 23.0. The molecule has 218 valence electrons. The first-order chi connectivity index (χ1) is 17.5. The Bertz CT molecular complexity index is 1460. The van der Waals surface area contributed by atoms with E-state index in [0.717, 1.165) is 34.5 Å². The van der Waals surface area contributed by atoms with Gasteiger partial charge in [0.15, 0.2) is 6.17 Å². The number of ether oxygens (including phenoxy) is 1. The highest BCUT2D eigenvalue weighted by molar-refractivity contribution is 5.86. The Morgan fingerprint density at radius 2 is 1.80 bits per heavy atom. The molecule has 0 spiro atoms. The van der Waals surface area contributed by atoms with Crippen molar-refractivity contribution in [2.75, 3.05) is 0 Å². The number of rotatable bonds is 5. The maximum atomic E-state index is 15.1. The number of aromatic hydroxyl groups is 1. The second kappa shape index (κ2) is 12.4. The molecule has 0 unspecified atom stereocenters. The summed E-state index contributed by atoms with van der Waals surface area (Å²) in [6.45, 7) is 11.8. The van der Waals surface area contributed by atoms with Crippen molar-refractivity contribution in [1.29, 1.82) is 0 Å². The minimum Gasteiger partial charge on any atom is -0.506 e. The molecule has 2 N–H and O–H groups in total. The fourth-order valence-electron chi connectivity index (χ4n) is 5.35.